The van der Waals surface area contributed by atoms with Crippen LogP contribution in [0.5, 0.6) is 0 Å². The number of carbonyl (C=O) groups excluding carboxylic acids is 3. The van der Waals surface area contributed by atoms with E-state index in [2.05, 4.69) is 15.3 Å². The molecule has 10 heteroatoms. The van der Waals surface area contributed by atoms with Crippen LogP contribution in [0.15, 0.2) is 45.2 Å². The maximum Gasteiger partial charge on any atom is 0.410 e. The maximum absolute atomic E-state index is 13.6. The van der Waals surface area contributed by atoms with Gasteiger partial charge in [0.25, 0.3) is 11.8 Å². The Bertz CT molecular complexity index is 1280. The van der Waals surface area contributed by atoms with Gasteiger partial charge >= 0.3 is 6.09 Å². The van der Waals surface area contributed by atoms with E-state index < -0.39 is 11.7 Å². The van der Waals surface area contributed by atoms with Crippen LogP contribution in [0.2, 0.25) is 0 Å². The summed E-state index contributed by atoms with van der Waals surface area (Å²) in [6.07, 6.45) is 7.86. The van der Waals surface area contributed by atoms with Gasteiger partial charge in [0, 0.05) is 51.0 Å². The molecule has 2 aromatic heterocycles. The fourth-order valence-corrected chi connectivity index (χ4v) is 5.41. The number of likely N-dealkylation sites (tertiary alicyclic amines) is 1. The van der Waals surface area contributed by atoms with Crippen molar-refractivity contribution < 1.29 is 23.5 Å². The number of furan rings is 1. The van der Waals surface area contributed by atoms with E-state index in [-0.39, 0.29) is 29.5 Å². The van der Waals surface area contributed by atoms with E-state index in [9.17, 15) is 14.4 Å². The summed E-state index contributed by atoms with van der Waals surface area (Å²) in [6, 6.07) is 3.55. The lowest BCUT2D eigenvalue weighted by Crippen LogP contribution is -2.41. The number of likely N-dealkylation sites (N-methyl/N-ethyl adjacent to an activating group) is 1. The van der Waals surface area contributed by atoms with Crippen molar-refractivity contribution in [3.05, 3.63) is 41.6 Å². The van der Waals surface area contributed by atoms with Gasteiger partial charge in [0.15, 0.2) is 11.3 Å². The van der Waals surface area contributed by atoms with Crippen molar-refractivity contribution in [2.45, 2.75) is 65.9 Å². The Balaban J connectivity index is 1.32. The highest BCUT2D eigenvalue weighted by Gasteiger charge is 2.55. The number of nitrogens with zero attached hydrogens (tertiary/aromatic N) is 4. The van der Waals surface area contributed by atoms with Crippen molar-refractivity contribution in [1.82, 2.24) is 20.1 Å². The van der Waals surface area contributed by atoms with Crippen LogP contribution in [0.25, 0.3) is 11.0 Å². The second kappa shape index (κ2) is 11.8. The average Bonchev–Trinajstić information content (AvgIpc) is 3.38. The molecule has 2 aromatic rings. The third-order valence-corrected chi connectivity index (χ3v) is 7.82. The minimum absolute atomic E-state index is 0.104. The number of fused-ring (bicyclic) bond motifs is 1. The maximum atomic E-state index is 13.6. The fourth-order valence-electron chi connectivity index (χ4n) is 5.41. The molecule has 0 radical (unpaired) electrons. The van der Waals surface area contributed by atoms with Crippen molar-refractivity contribution in [3.63, 3.8) is 0 Å². The molecule has 1 saturated heterocycles. The number of hydrogen-bond donors (Lipinski definition) is 1. The minimum atomic E-state index is -0.597. The number of amides is 3. The zero-order valence-electron chi connectivity index (χ0n) is 24.5. The Labute approximate surface area is 235 Å². The molecule has 40 heavy (non-hydrogen) atoms. The molecular formula is C30H41N5O5. The SMILES string of the molecule is CC=N/C(C(=O)N1CCC2(CC1)CC2CNC(=O)c1cc2ccncc2o1)=C(\CC)CN(C)C(=O)OC(C)(C)C. The first-order valence-electron chi connectivity index (χ1n) is 14.0. The fraction of sp³-hybridized carbons (Fsp3) is 0.567. The Kier molecular flexibility index (Phi) is 8.65. The predicted octanol–water partition coefficient (Wildman–Crippen LogP) is 4.81. The van der Waals surface area contributed by atoms with Gasteiger partial charge in [0.1, 0.15) is 11.3 Å². The van der Waals surface area contributed by atoms with Crippen LogP contribution in [0.3, 0.4) is 0 Å². The quantitative estimate of drug-likeness (QED) is 0.372. The Morgan fingerprint density at radius 1 is 1.30 bits per heavy atom. The van der Waals surface area contributed by atoms with Crippen LogP contribution in [-0.2, 0) is 9.53 Å². The van der Waals surface area contributed by atoms with Crippen LogP contribution >= 0.6 is 0 Å². The molecule has 1 aliphatic heterocycles. The van der Waals surface area contributed by atoms with E-state index in [1.807, 2.05) is 38.7 Å². The second-order valence-electron chi connectivity index (χ2n) is 11.8. The molecule has 216 valence electrons. The summed E-state index contributed by atoms with van der Waals surface area (Å²) in [5, 5.41) is 3.87. The molecule has 4 rings (SSSR count). The lowest BCUT2D eigenvalue weighted by molar-refractivity contribution is -0.128. The van der Waals surface area contributed by atoms with Crippen LogP contribution in [0, 0.1) is 11.3 Å². The number of pyridine rings is 1. The number of ether oxygens (including phenoxy) is 1. The van der Waals surface area contributed by atoms with E-state index in [0.717, 1.165) is 30.2 Å². The molecule has 1 aliphatic carbocycles. The highest BCUT2D eigenvalue weighted by Crippen LogP contribution is 2.59. The molecule has 1 atom stereocenters. The van der Waals surface area contributed by atoms with Crippen molar-refractivity contribution in [3.8, 4) is 0 Å². The van der Waals surface area contributed by atoms with Crippen LogP contribution < -0.4 is 5.32 Å². The first-order chi connectivity index (χ1) is 19.0. The molecule has 0 aromatic carbocycles. The third-order valence-electron chi connectivity index (χ3n) is 7.82. The first kappa shape index (κ1) is 29.3. The largest absolute Gasteiger partial charge is 0.449 e. The highest BCUT2D eigenvalue weighted by molar-refractivity contribution is 5.96. The molecule has 3 amide bonds. The molecule has 0 bridgehead atoms. The van der Waals surface area contributed by atoms with Crippen LogP contribution in [0.1, 0.15) is 70.9 Å². The summed E-state index contributed by atoms with van der Waals surface area (Å²) in [7, 11) is 1.67. The van der Waals surface area contributed by atoms with Gasteiger partial charge < -0.3 is 24.3 Å². The van der Waals surface area contributed by atoms with Gasteiger partial charge in [-0.25, -0.2) is 4.79 Å². The Hall–Kier alpha value is -3.69. The number of hydrogen-bond acceptors (Lipinski definition) is 7. The second-order valence-corrected chi connectivity index (χ2v) is 11.8. The zero-order valence-corrected chi connectivity index (χ0v) is 24.5. The normalized spacial score (nSPS) is 19.1. The van der Waals surface area contributed by atoms with Gasteiger partial charge in [-0.05, 0) is 82.4 Å². The molecule has 1 spiro atoms. The summed E-state index contributed by atoms with van der Waals surface area (Å²) in [6.45, 7) is 11.4. The minimum Gasteiger partial charge on any atom is -0.449 e. The standard InChI is InChI=1S/C30H41N5O5/c1-7-20(19-34(6)28(38)40-29(3,4)5)25(32-8-2)27(37)35-13-10-30(11-14-35)16-22(30)17-33-26(36)23-15-21-9-12-31-18-24(21)39-23/h8-9,12,15,18,22H,7,10-11,13-14,16-17,19H2,1-6H3,(H,33,36)/b25-20+,32-8?. The number of aromatic nitrogens is 1. The van der Waals surface area contributed by atoms with Crippen molar-refractivity contribution >= 4 is 35.1 Å². The molecular weight excluding hydrogens is 510 g/mol. The number of carbonyl (C=O) groups is 3. The molecule has 1 unspecified atom stereocenters. The summed E-state index contributed by atoms with van der Waals surface area (Å²) in [5.74, 6) is 0.351. The number of piperidine rings is 1. The first-order valence-corrected chi connectivity index (χ1v) is 14.0. The van der Waals surface area contributed by atoms with Crippen molar-refractivity contribution in [1.29, 1.82) is 0 Å². The van der Waals surface area contributed by atoms with Gasteiger partial charge in [0.2, 0.25) is 0 Å². The lowest BCUT2D eigenvalue weighted by Gasteiger charge is -2.33. The number of nitrogens with one attached hydrogen (secondary N) is 1. The molecule has 1 saturated carbocycles. The van der Waals surface area contributed by atoms with E-state index in [1.54, 1.807) is 38.6 Å². The Morgan fingerprint density at radius 3 is 2.65 bits per heavy atom. The average molecular weight is 552 g/mol. The summed E-state index contributed by atoms with van der Waals surface area (Å²) >= 11 is 0. The van der Waals surface area contributed by atoms with Gasteiger partial charge in [-0.2, -0.15) is 0 Å². The van der Waals surface area contributed by atoms with Crippen molar-refractivity contribution in [2.24, 2.45) is 16.3 Å². The van der Waals surface area contributed by atoms with E-state index in [0.29, 0.717) is 43.3 Å². The monoisotopic (exact) mass is 551 g/mol. The van der Waals surface area contributed by atoms with Crippen LogP contribution in [-0.4, -0.2) is 77.7 Å². The summed E-state index contributed by atoms with van der Waals surface area (Å²) in [4.78, 5) is 50.5. The van der Waals surface area contributed by atoms with Crippen molar-refractivity contribution in [2.75, 3.05) is 33.2 Å². The van der Waals surface area contributed by atoms with Crippen LogP contribution in [0.4, 0.5) is 4.79 Å². The third kappa shape index (κ3) is 6.71. The van der Waals surface area contributed by atoms with Gasteiger partial charge in [-0.1, -0.05) is 6.92 Å². The molecule has 1 N–H and O–H groups in total. The topological polar surface area (TPSA) is 117 Å². The number of aliphatic imine (C=N–C) groups is 1. The Morgan fingerprint density at radius 2 is 2.02 bits per heavy atom. The smallest absolute Gasteiger partial charge is 0.410 e. The van der Waals surface area contributed by atoms with Gasteiger partial charge in [0.05, 0.1) is 6.20 Å². The molecule has 2 fully saturated rings. The summed E-state index contributed by atoms with van der Waals surface area (Å²) in [5.41, 5.74) is 1.35. The highest BCUT2D eigenvalue weighted by atomic mass is 16.6. The van der Waals surface area contributed by atoms with E-state index >= 15 is 0 Å². The summed E-state index contributed by atoms with van der Waals surface area (Å²) < 4.78 is 11.1. The predicted molar refractivity (Wildman–Crippen MR) is 153 cm³/mol. The van der Waals surface area contributed by atoms with E-state index in [1.165, 1.54) is 4.90 Å². The zero-order chi connectivity index (χ0) is 29.1. The molecule has 10 nitrogen and oxygen atoms in total. The van der Waals surface area contributed by atoms with E-state index in [4.69, 9.17) is 9.15 Å². The van der Waals surface area contributed by atoms with Gasteiger partial charge in [-0.15, -0.1) is 0 Å². The van der Waals surface area contributed by atoms with Gasteiger partial charge in [-0.3, -0.25) is 19.6 Å². The molecule has 3 heterocycles. The lowest BCUT2D eigenvalue weighted by atomic mass is 9.90. The number of rotatable bonds is 8. The molecule has 2 aliphatic rings.